The quantitative estimate of drug-likeness (QED) is 0.511. The molecule has 1 aliphatic rings. The third-order valence-corrected chi connectivity index (χ3v) is 8.04. The lowest BCUT2D eigenvalue weighted by atomic mass is 10.1. The summed E-state index contributed by atoms with van der Waals surface area (Å²) in [6, 6.07) is 5.92. The first-order valence-electron chi connectivity index (χ1n) is 10.2. The van der Waals surface area contributed by atoms with Gasteiger partial charge in [-0.05, 0) is 52.6 Å². The molecule has 9 heteroatoms. The molecule has 30 heavy (non-hydrogen) atoms. The molecule has 0 aromatic heterocycles. The molecule has 1 heterocycles. The molecule has 1 aromatic carbocycles. The van der Waals surface area contributed by atoms with Crippen LogP contribution in [-0.2, 0) is 9.84 Å². The SMILES string of the molecule is CCNC(=NCC(c1ccc(OC)c(OC)c1)N(C)C)N1CCS(=O)(=O)C(C)(C)C1. The van der Waals surface area contributed by atoms with Gasteiger partial charge in [-0.25, -0.2) is 8.42 Å². The van der Waals surface area contributed by atoms with Gasteiger partial charge in [0.15, 0.2) is 27.3 Å². The fraction of sp³-hybridized carbons (Fsp3) is 0.667. The molecule has 1 aromatic rings. The molecule has 8 nitrogen and oxygen atoms in total. The molecule has 1 unspecified atom stereocenters. The highest BCUT2D eigenvalue weighted by Gasteiger charge is 2.41. The van der Waals surface area contributed by atoms with Gasteiger partial charge in [0.05, 0.1) is 37.3 Å². The minimum Gasteiger partial charge on any atom is -0.493 e. The fourth-order valence-corrected chi connectivity index (χ4v) is 4.92. The molecule has 1 saturated heterocycles. The lowest BCUT2D eigenvalue weighted by Gasteiger charge is -2.39. The van der Waals surface area contributed by atoms with Gasteiger partial charge in [-0.1, -0.05) is 6.07 Å². The summed E-state index contributed by atoms with van der Waals surface area (Å²) in [5.74, 6) is 2.25. The molecule has 0 radical (unpaired) electrons. The summed E-state index contributed by atoms with van der Waals surface area (Å²) in [4.78, 5) is 9.03. The van der Waals surface area contributed by atoms with E-state index in [1.54, 1.807) is 28.1 Å². The predicted molar refractivity (Wildman–Crippen MR) is 121 cm³/mol. The first-order chi connectivity index (χ1) is 14.1. The lowest BCUT2D eigenvalue weighted by Crippen LogP contribution is -2.57. The molecule has 0 spiro atoms. The van der Waals surface area contributed by atoms with Gasteiger partial charge in [-0.3, -0.25) is 4.99 Å². The monoisotopic (exact) mass is 440 g/mol. The van der Waals surface area contributed by atoms with Gasteiger partial charge in [0.25, 0.3) is 0 Å². The Morgan fingerprint density at radius 2 is 1.93 bits per heavy atom. The van der Waals surface area contributed by atoms with Crippen LogP contribution in [0.5, 0.6) is 11.5 Å². The van der Waals surface area contributed by atoms with Crippen LogP contribution in [0, 0.1) is 0 Å². The van der Waals surface area contributed by atoms with Gasteiger partial charge in [-0.15, -0.1) is 0 Å². The maximum atomic E-state index is 12.4. The molecule has 170 valence electrons. The maximum absolute atomic E-state index is 12.4. The summed E-state index contributed by atoms with van der Waals surface area (Å²) in [6.45, 7) is 7.68. The number of rotatable bonds is 7. The standard InChI is InChI=1S/C21H36N4O4S/c1-8-22-20(25-11-12-30(26,27)21(2,3)15-25)23-14-17(24(4)5)16-9-10-18(28-6)19(13-16)29-7/h9-10,13,17H,8,11-12,14-15H2,1-7H3,(H,22,23). The number of nitrogens with zero attached hydrogens (tertiary/aromatic N) is 3. The normalized spacial score (nSPS) is 19.5. The Balaban J connectivity index is 2.28. The summed E-state index contributed by atoms with van der Waals surface area (Å²) in [5, 5.41) is 3.32. The zero-order valence-electron chi connectivity index (χ0n) is 19.2. The van der Waals surface area contributed by atoms with E-state index in [1.165, 1.54) is 0 Å². The topological polar surface area (TPSA) is 83.5 Å². The van der Waals surface area contributed by atoms with Crippen molar-refractivity contribution >= 4 is 15.8 Å². The van der Waals surface area contributed by atoms with E-state index in [4.69, 9.17) is 14.5 Å². The number of guanidine groups is 1. The number of nitrogens with one attached hydrogen (secondary N) is 1. The first-order valence-corrected chi connectivity index (χ1v) is 11.9. The van der Waals surface area contributed by atoms with E-state index in [0.29, 0.717) is 37.7 Å². The van der Waals surface area contributed by atoms with E-state index in [1.807, 2.05) is 44.1 Å². The van der Waals surface area contributed by atoms with Gasteiger partial charge in [0.2, 0.25) is 0 Å². The summed E-state index contributed by atoms with van der Waals surface area (Å²) in [6.07, 6.45) is 0. The van der Waals surface area contributed by atoms with Crippen LogP contribution in [0.2, 0.25) is 0 Å². The second kappa shape index (κ2) is 9.87. The van der Waals surface area contributed by atoms with E-state index < -0.39 is 14.6 Å². The molecule has 1 atom stereocenters. The van der Waals surface area contributed by atoms with Crippen LogP contribution < -0.4 is 14.8 Å². The van der Waals surface area contributed by atoms with E-state index in [9.17, 15) is 8.42 Å². The Labute approximate surface area is 181 Å². The van der Waals surface area contributed by atoms with Crippen molar-refractivity contribution in [2.45, 2.75) is 31.6 Å². The third-order valence-electron chi connectivity index (χ3n) is 5.51. The van der Waals surface area contributed by atoms with Crippen LogP contribution in [0.1, 0.15) is 32.4 Å². The molecule has 2 rings (SSSR count). The number of hydrogen-bond donors (Lipinski definition) is 1. The van der Waals surface area contributed by atoms with E-state index >= 15 is 0 Å². The number of ether oxygens (including phenoxy) is 2. The van der Waals surface area contributed by atoms with Crippen LogP contribution in [0.3, 0.4) is 0 Å². The van der Waals surface area contributed by atoms with Gasteiger partial charge >= 0.3 is 0 Å². The summed E-state index contributed by atoms with van der Waals surface area (Å²) in [5.41, 5.74) is 1.07. The first kappa shape index (κ1) is 24.3. The van der Waals surface area contributed by atoms with Crippen molar-refractivity contribution in [2.75, 3.05) is 60.2 Å². The smallest absolute Gasteiger partial charge is 0.194 e. The van der Waals surface area contributed by atoms with Crippen molar-refractivity contribution < 1.29 is 17.9 Å². The van der Waals surface area contributed by atoms with Gasteiger partial charge in [-0.2, -0.15) is 0 Å². The molecular weight excluding hydrogens is 404 g/mol. The van der Waals surface area contributed by atoms with Crippen LogP contribution in [0.4, 0.5) is 0 Å². The molecule has 0 amide bonds. The van der Waals surface area contributed by atoms with Crippen LogP contribution in [0.25, 0.3) is 0 Å². The highest BCUT2D eigenvalue weighted by atomic mass is 32.2. The van der Waals surface area contributed by atoms with Crippen LogP contribution in [-0.4, -0.2) is 89.2 Å². The third kappa shape index (κ3) is 5.37. The summed E-state index contributed by atoms with van der Waals surface area (Å²) < 4.78 is 34.7. The summed E-state index contributed by atoms with van der Waals surface area (Å²) >= 11 is 0. The summed E-state index contributed by atoms with van der Waals surface area (Å²) in [7, 11) is 4.17. The van der Waals surface area contributed by atoms with Crippen LogP contribution in [0.15, 0.2) is 23.2 Å². The highest BCUT2D eigenvalue weighted by molar-refractivity contribution is 7.92. The molecule has 1 aliphatic heterocycles. The van der Waals surface area contributed by atoms with E-state index in [0.717, 1.165) is 11.5 Å². The molecule has 0 bridgehead atoms. The Bertz CT molecular complexity index is 853. The maximum Gasteiger partial charge on any atom is 0.194 e. The van der Waals surface area contributed by atoms with Crippen molar-refractivity contribution in [3.8, 4) is 11.5 Å². The molecule has 1 N–H and O–H groups in total. The minimum absolute atomic E-state index is 0.0278. The van der Waals surface area contributed by atoms with E-state index in [2.05, 4.69) is 10.2 Å². The Kier molecular flexibility index (Phi) is 7.99. The molecule has 0 saturated carbocycles. The Hall–Kier alpha value is -2.00. The number of aliphatic imine (C=N–C) groups is 1. The van der Waals surface area contributed by atoms with Gasteiger partial charge in [0.1, 0.15) is 0 Å². The number of sulfone groups is 1. The predicted octanol–water partition coefficient (Wildman–Crippen LogP) is 1.78. The molecule has 0 aliphatic carbocycles. The Morgan fingerprint density at radius 3 is 2.47 bits per heavy atom. The van der Waals surface area contributed by atoms with Crippen molar-refractivity contribution in [3.63, 3.8) is 0 Å². The number of benzene rings is 1. The minimum atomic E-state index is -3.10. The number of likely N-dealkylation sites (N-methyl/N-ethyl adjacent to an activating group) is 1. The van der Waals surface area contributed by atoms with Crippen molar-refractivity contribution in [1.29, 1.82) is 0 Å². The average Bonchev–Trinajstić information content (AvgIpc) is 2.69. The van der Waals surface area contributed by atoms with Crippen molar-refractivity contribution in [2.24, 2.45) is 4.99 Å². The highest BCUT2D eigenvalue weighted by Crippen LogP contribution is 2.31. The fourth-order valence-electron chi connectivity index (χ4n) is 3.55. The lowest BCUT2D eigenvalue weighted by molar-refractivity contribution is 0.300. The van der Waals surface area contributed by atoms with Crippen LogP contribution >= 0.6 is 0 Å². The van der Waals surface area contributed by atoms with Crippen molar-refractivity contribution in [1.82, 2.24) is 15.1 Å². The van der Waals surface area contributed by atoms with E-state index in [-0.39, 0.29) is 11.8 Å². The zero-order chi connectivity index (χ0) is 22.5. The van der Waals surface area contributed by atoms with Crippen molar-refractivity contribution in [3.05, 3.63) is 23.8 Å². The Morgan fingerprint density at radius 1 is 1.27 bits per heavy atom. The average molecular weight is 441 g/mol. The zero-order valence-corrected chi connectivity index (χ0v) is 20.0. The second-order valence-corrected chi connectivity index (χ2v) is 11.0. The van der Waals surface area contributed by atoms with Gasteiger partial charge < -0.3 is 24.6 Å². The number of hydrogen-bond acceptors (Lipinski definition) is 6. The van der Waals surface area contributed by atoms with Gasteiger partial charge in [0, 0.05) is 19.6 Å². The molecular formula is C21H36N4O4S. The number of methoxy groups -OCH3 is 2. The second-order valence-electron chi connectivity index (χ2n) is 8.29. The molecule has 1 fully saturated rings. The largest absolute Gasteiger partial charge is 0.493 e.